The molecule has 2 nitrogen and oxygen atoms in total. The standard InChI is InChI=1S/C8H6N2/c1-2-10-5-6-3-9-4-7(6)8(1)10/h1-3,5H,4H2. The number of fused-ring (bicyclic) bond motifs is 3. The summed E-state index contributed by atoms with van der Waals surface area (Å²) in [5.74, 6) is 0. The normalized spacial score (nSPS) is 16.8. The molecule has 0 bridgehead atoms. The van der Waals surface area contributed by atoms with Gasteiger partial charge in [-0.15, -0.1) is 0 Å². The first-order chi connectivity index (χ1) is 4.95. The molecule has 2 aliphatic rings. The lowest BCUT2D eigenvalue weighted by atomic mass is 10.1. The van der Waals surface area contributed by atoms with Crippen LogP contribution in [0.4, 0.5) is 0 Å². The monoisotopic (exact) mass is 130 g/mol. The molecule has 2 heteroatoms. The predicted octanol–water partition coefficient (Wildman–Crippen LogP) is 1.36. The molecule has 0 aliphatic carbocycles. The Hall–Kier alpha value is -1.31. The van der Waals surface area contributed by atoms with Gasteiger partial charge < -0.3 is 4.57 Å². The van der Waals surface area contributed by atoms with Gasteiger partial charge in [-0.2, -0.15) is 0 Å². The van der Waals surface area contributed by atoms with E-state index >= 15 is 0 Å². The molecule has 0 fully saturated rings. The second kappa shape index (κ2) is 1.24. The van der Waals surface area contributed by atoms with Crippen LogP contribution >= 0.6 is 0 Å². The van der Waals surface area contributed by atoms with Crippen molar-refractivity contribution in [2.45, 2.75) is 6.54 Å². The average Bonchev–Trinajstić information content (AvgIpc) is 2.35. The van der Waals surface area contributed by atoms with Crippen molar-refractivity contribution in [3.8, 4) is 0 Å². The van der Waals surface area contributed by atoms with Crippen LogP contribution in [0.15, 0.2) is 11.2 Å². The van der Waals surface area contributed by atoms with Crippen molar-refractivity contribution in [1.29, 1.82) is 0 Å². The van der Waals surface area contributed by atoms with Crippen molar-refractivity contribution in [1.82, 2.24) is 4.57 Å². The molecular formula is C8H6N2. The zero-order valence-corrected chi connectivity index (χ0v) is 5.41. The van der Waals surface area contributed by atoms with Gasteiger partial charge in [0, 0.05) is 29.7 Å². The van der Waals surface area contributed by atoms with Crippen LogP contribution < -0.4 is 0 Å². The van der Waals surface area contributed by atoms with Crippen molar-refractivity contribution < 1.29 is 0 Å². The van der Waals surface area contributed by atoms with Gasteiger partial charge in [0.15, 0.2) is 0 Å². The Morgan fingerprint density at radius 1 is 1.50 bits per heavy atom. The van der Waals surface area contributed by atoms with E-state index in [4.69, 9.17) is 0 Å². The summed E-state index contributed by atoms with van der Waals surface area (Å²) in [6.07, 6.45) is 8.28. The van der Waals surface area contributed by atoms with Crippen molar-refractivity contribution in [3.05, 3.63) is 23.0 Å². The van der Waals surface area contributed by atoms with E-state index < -0.39 is 0 Å². The highest BCUT2D eigenvalue weighted by Gasteiger charge is 2.18. The summed E-state index contributed by atoms with van der Waals surface area (Å²) in [5.41, 5.74) is 4.02. The van der Waals surface area contributed by atoms with Crippen LogP contribution in [0, 0.1) is 0 Å². The summed E-state index contributed by atoms with van der Waals surface area (Å²) in [6.45, 7) is 0.877. The average molecular weight is 130 g/mol. The van der Waals surface area contributed by atoms with E-state index in [0.29, 0.717) is 0 Å². The Balaban J connectivity index is 2.38. The smallest absolute Gasteiger partial charge is 0.0667 e. The van der Waals surface area contributed by atoms with Gasteiger partial charge in [0.25, 0.3) is 0 Å². The van der Waals surface area contributed by atoms with Crippen molar-refractivity contribution in [2.24, 2.45) is 4.99 Å². The third kappa shape index (κ3) is 0.328. The van der Waals surface area contributed by atoms with Crippen molar-refractivity contribution >= 4 is 18.5 Å². The fourth-order valence-electron chi connectivity index (χ4n) is 1.50. The van der Waals surface area contributed by atoms with Gasteiger partial charge in [-0.3, -0.25) is 4.99 Å². The van der Waals surface area contributed by atoms with E-state index in [0.717, 1.165) is 6.54 Å². The van der Waals surface area contributed by atoms with Crippen LogP contribution in [0.5, 0.6) is 0 Å². The molecule has 2 aliphatic heterocycles. The molecule has 0 aromatic carbocycles. The van der Waals surface area contributed by atoms with Gasteiger partial charge in [-0.25, -0.2) is 0 Å². The molecule has 3 rings (SSSR count). The third-order valence-electron chi connectivity index (χ3n) is 2.09. The Bertz CT molecular complexity index is 356. The fraction of sp³-hybridized carbons (Fsp3) is 0.125. The highest BCUT2D eigenvalue weighted by atomic mass is 15.0. The SMILES string of the molecule is C1=Cn2cc3c(c21)CN=C3. The maximum Gasteiger partial charge on any atom is 0.0667 e. The van der Waals surface area contributed by atoms with Crippen LogP contribution in [0.25, 0.3) is 12.3 Å². The zero-order valence-electron chi connectivity index (χ0n) is 5.41. The topological polar surface area (TPSA) is 17.3 Å². The summed E-state index contributed by atoms with van der Waals surface area (Å²) in [4.78, 5) is 4.17. The summed E-state index contributed by atoms with van der Waals surface area (Å²) < 4.78 is 2.15. The quantitative estimate of drug-likeness (QED) is 0.512. The Morgan fingerprint density at radius 2 is 2.50 bits per heavy atom. The van der Waals surface area contributed by atoms with Crippen LogP contribution in [0.3, 0.4) is 0 Å². The lowest BCUT2D eigenvalue weighted by molar-refractivity contribution is 1.04. The van der Waals surface area contributed by atoms with E-state index in [1.54, 1.807) is 0 Å². The van der Waals surface area contributed by atoms with E-state index in [1.807, 2.05) is 6.21 Å². The molecular weight excluding hydrogens is 124 g/mol. The first kappa shape index (κ1) is 4.50. The zero-order chi connectivity index (χ0) is 6.55. The minimum atomic E-state index is 0.877. The highest BCUT2D eigenvalue weighted by molar-refractivity contribution is 5.89. The molecule has 0 radical (unpaired) electrons. The first-order valence-electron chi connectivity index (χ1n) is 3.37. The molecule has 0 amide bonds. The van der Waals surface area contributed by atoms with Crippen LogP contribution in [-0.2, 0) is 6.54 Å². The van der Waals surface area contributed by atoms with Crippen LogP contribution in [0.1, 0.15) is 16.8 Å². The van der Waals surface area contributed by atoms with E-state index in [1.165, 1.54) is 16.8 Å². The van der Waals surface area contributed by atoms with Crippen molar-refractivity contribution in [2.75, 3.05) is 0 Å². The molecule has 48 valence electrons. The minimum absolute atomic E-state index is 0.877. The molecule has 0 saturated heterocycles. The number of hydrogen-bond acceptors (Lipinski definition) is 1. The maximum atomic E-state index is 4.17. The maximum absolute atomic E-state index is 4.17. The molecule has 1 aromatic rings. The second-order valence-corrected chi connectivity index (χ2v) is 2.64. The molecule has 3 heterocycles. The van der Waals surface area contributed by atoms with E-state index in [9.17, 15) is 0 Å². The lowest BCUT2D eigenvalue weighted by Gasteiger charge is -2.08. The molecule has 0 saturated carbocycles. The van der Waals surface area contributed by atoms with Gasteiger partial charge >= 0.3 is 0 Å². The molecule has 0 atom stereocenters. The van der Waals surface area contributed by atoms with Gasteiger partial charge in [-0.05, 0) is 6.08 Å². The lowest BCUT2D eigenvalue weighted by Crippen LogP contribution is -1.97. The number of aliphatic imine (C=N–C) groups is 1. The number of rotatable bonds is 0. The van der Waals surface area contributed by atoms with Crippen LogP contribution in [0.2, 0.25) is 0 Å². The Kier molecular flexibility index (Phi) is 0.556. The first-order valence-corrected chi connectivity index (χ1v) is 3.37. The van der Waals surface area contributed by atoms with Gasteiger partial charge in [0.1, 0.15) is 0 Å². The number of hydrogen-bond donors (Lipinski definition) is 0. The highest BCUT2D eigenvalue weighted by Crippen LogP contribution is 2.27. The summed E-state index contributed by atoms with van der Waals surface area (Å²) in [5, 5.41) is 0. The van der Waals surface area contributed by atoms with Gasteiger partial charge in [-0.1, -0.05) is 0 Å². The van der Waals surface area contributed by atoms with E-state index in [-0.39, 0.29) is 0 Å². The Labute approximate surface area is 58.5 Å². The molecule has 1 aromatic heterocycles. The second-order valence-electron chi connectivity index (χ2n) is 2.64. The summed E-state index contributed by atoms with van der Waals surface area (Å²) >= 11 is 0. The molecule has 0 N–H and O–H groups in total. The minimum Gasteiger partial charge on any atom is -0.323 e. The van der Waals surface area contributed by atoms with E-state index in [2.05, 4.69) is 28.0 Å². The fourth-order valence-corrected chi connectivity index (χ4v) is 1.50. The molecule has 0 unspecified atom stereocenters. The van der Waals surface area contributed by atoms with Gasteiger partial charge in [0.05, 0.1) is 12.2 Å². The number of nitrogens with zero attached hydrogens (tertiary/aromatic N) is 2. The summed E-state index contributed by atoms with van der Waals surface area (Å²) in [6, 6.07) is 0. The largest absolute Gasteiger partial charge is 0.323 e. The number of aromatic nitrogens is 1. The van der Waals surface area contributed by atoms with Gasteiger partial charge in [0.2, 0.25) is 0 Å². The summed E-state index contributed by atoms with van der Waals surface area (Å²) in [7, 11) is 0. The molecule has 10 heavy (non-hydrogen) atoms. The molecule has 0 spiro atoms. The Morgan fingerprint density at radius 3 is 3.30 bits per heavy atom. The predicted molar refractivity (Wildman–Crippen MR) is 41.0 cm³/mol. The third-order valence-corrected chi connectivity index (χ3v) is 2.09. The van der Waals surface area contributed by atoms with Crippen molar-refractivity contribution in [3.63, 3.8) is 0 Å². The van der Waals surface area contributed by atoms with Crippen LogP contribution in [-0.4, -0.2) is 10.8 Å².